The summed E-state index contributed by atoms with van der Waals surface area (Å²) in [6.07, 6.45) is 0. The standard InChI is InChI=1S/C3H9P.2C2H4O2.Ca.H2O/c1-4(2)3;2*1-2(3)4;;/h1-3H3;2*1H3,(H,3,4);;1H2/q;;;+2;/p-2. The van der Waals surface area contributed by atoms with E-state index in [0.717, 1.165) is 13.8 Å². The second-order valence-corrected chi connectivity index (χ2v) is 5.01. The van der Waals surface area contributed by atoms with Crippen LogP contribution in [0.5, 0.6) is 0 Å². The third-order valence-electron chi connectivity index (χ3n) is 0. The van der Waals surface area contributed by atoms with E-state index in [2.05, 4.69) is 20.0 Å². The average Bonchev–Trinajstić information content (AvgIpc) is 1.54. The molecule has 0 heterocycles. The predicted molar refractivity (Wildman–Crippen MR) is 55.4 cm³/mol. The van der Waals surface area contributed by atoms with E-state index < -0.39 is 11.9 Å². The topological polar surface area (TPSA) is 112 Å². The zero-order chi connectivity index (χ0) is 10.7. The molecule has 0 radical (unpaired) electrons. The van der Waals surface area contributed by atoms with Crippen molar-refractivity contribution in [2.45, 2.75) is 13.8 Å². The van der Waals surface area contributed by atoms with Crippen LogP contribution in [-0.2, 0) is 9.59 Å². The van der Waals surface area contributed by atoms with Crippen molar-refractivity contribution in [2.24, 2.45) is 0 Å². The first-order valence-electron chi connectivity index (χ1n) is 3.16. The minimum atomic E-state index is -1.08. The van der Waals surface area contributed by atoms with E-state index in [0.29, 0.717) is 7.92 Å². The maximum atomic E-state index is 8.89. The van der Waals surface area contributed by atoms with E-state index in [1.807, 2.05) is 0 Å². The van der Waals surface area contributed by atoms with Crippen molar-refractivity contribution in [1.82, 2.24) is 0 Å². The number of carbonyl (C=O) groups is 2. The number of carboxylic acids is 2. The van der Waals surface area contributed by atoms with Gasteiger partial charge in [-0.05, 0) is 33.8 Å². The van der Waals surface area contributed by atoms with Crippen LogP contribution in [0.4, 0.5) is 0 Å². The van der Waals surface area contributed by atoms with E-state index >= 15 is 0 Å². The maximum absolute atomic E-state index is 8.89. The summed E-state index contributed by atoms with van der Waals surface area (Å²) in [6.45, 7) is 8.64. The Morgan fingerprint density at radius 2 is 0.929 bits per heavy atom. The molecule has 0 saturated heterocycles. The van der Waals surface area contributed by atoms with E-state index in [4.69, 9.17) is 19.8 Å². The molecule has 0 fully saturated rings. The third kappa shape index (κ3) is 4860. The number of aliphatic carboxylic acids is 2. The molecule has 0 amide bonds. The predicted octanol–water partition coefficient (Wildman–Crippen LogP) is -2.34. The zero-order valence-electron chi connectivity index (χ0n) is 9.29. The summed E-state index contributed by atoms with van der Waals surface area (Å²) in [5, 5.41) is 17.8. The Bertz CT molecular complexity index is 106. The molecule has 0 rings (SSSR count). The van der Waals surface area contributed by atoms with Gasteiger partial charge in [0.25, 0.3) is 0 Å². The molecular weight excluding hydrogens is 235 g/mol. The van der Waals surface area contributed by atoms with Crippen molar-refractivity contribution in [3.8, 4) is 0 Å². The molecule has 0 aliphatic heterocycles. The van der Waals surface area contributed by atoms with Crippen LogP contribution in [0.3, 0.4) is 0 Å². The molecule has 0 unspecified atom stereocenters. The van der Waals surface area contributed by atoms with Gasteiger partial charge in [-0.1, -0.05) is 0 Å². The summed E-state index contributed by atoms with van der Waals surface area (Å²) in [6, 6.07) is 0. The Hall–Kier alpha value is 0.590. The maximum Gasteiger partial charge on any atom is 2.00 e. The van der Waals surface area contributed by atoms with Crippen molar-refractivity contribution in [3.63, 3.8) is 0 Å². The van der Waals surface area contributed by atoms with E-state index in [1.54, 1.807) is 0 Å². The molecule has 0 saturated carbocycles. The Morgan fingerprint density at radius 3 is 0.929 bits per heavy atom. The van der Waals surface area contributed by atoms with Crippen LogP contribution >= 0.6 is 7.92 Å². The van der Waals surface area contributed by atoms with Gasteiger partial charge in [-0.25, -0.2) is 0 Å². The van der Waals surface area contributed by atoms with E-state index in [1.165, 1.54) is 0 Å². The SMILES string of the molecule is CC(=O)[O-].CC(=O)[O-].CP(C)C.O.[Ca+2]. The molecule has 0 atom stereocenters. The number of carboxylic acid groups (broad SMARTS) is 2. The molecule has 7 heteroatoms. The van der Waals surface area contributed by atoms with Crippen LogP contribution in [0, 0.1) is 0 Å². The fourth-order valence-electron chi connectivity index (χ4n) is 0. The molecule has 2 N–H and O–H groups in total. The molecular formula is C7H17CaO5P. The normalized spacial score (nSPS) is 6.14. The molecule has 0 aromatic rings. The smallest absolute Gasteiger partial charge is 0.550 e. The van der Waals surface area contributed by atoms with Gasteiger partial charge in [0.1, 0.15) is 0 Å². The second-order valence-electron chi connectivity index (χ2n) is 2.32. The molecule has 82 valence electrons. The number of carbonyl (C=O) groups excluding carboxylic acids is 2. The minimum Gasteiger partial charge on any atom is -0.550 e. The van der Waals surface area contributed by atoms with Gasteiger partial charge >= 0.3 is 37.7 Å². The fraction of sp³-hybridized carbons (Fsp3) is 0.714. The van der Waals surface area contributed by atoms with Gasteiger partial charge in [0, 0.05) is 11.9 Å². The molecule has 14 heavy (non-hydrogen) atoms. The zero-order valence-corrected chi connectivity index (χ0v) is 12.4. The fourth-order valence-corrected chi connectivity index (χ4v) is 0. The first kappa shape index (κ1) is 29.3. The molecule has 5 nitrogen and oxygen atoms in total. The Balaban J connectivity index is -0.0000000270. The first-order valence-corrected chi connectivity index (χ1v) is 5.84. The van der Waals surface area contributed by atoms with Crippen molar-refractivity contribution in [1.29, 1.82) is 0 Å². The molecule has 0 aromatic carbocycles. The summed E-state index contributed by atoms with van der Waals surface area (Å²) in [5.74, 6) is -2.17. The van der Waals surface area contributed by atoms with Crippen LogP contribution in [0.1, 0.15) is 13.8 Å². The number of rotatable bonds is 0. The van der Waals surface area contributed by atoms with Crippen molar-refractivity contribution < 1.29 is 25.3 Å². The van der Waals surface area contributed by atoms with E-state index in [-0.39, 0.29) is 43.2 Å². The number of hydrogen-bond donors (Lipinski definition) is 0. The Labute approximate surface area is 116 Å². The Morgan fingerprint density at radius 1 is 0.929 bits per heavy atom. The van der Waals surface area contributed by atoms with Gasteiger partial charge in [0.05, 0.1) is 0 Å². The Kier molecular flexibility index (Phi) is 49.0. The molecule has 0 spiro atoms. The van der Waals surface area contributed by atoms with Gasteiger partial charge in [0.2, 0.25) is 0 Å². The summed E-state index contributed by atoms with van der Waals surface area (Å²) < 4.78 is 0. The summed E-state index contributed by atoms with van der Waals surface area (Å²) in [5.41, 5.74) is 0. The van der Waals surface area contributed by atoms with Crippen LogP contribution in [0.15, 0.2) is 0 Å². The van der Waals surface area contributed by atoms with Crippen LogP contribution < -0.4 is 10.2 Å². The minimum absolute atomic E-state index is 0. The van der Waals surface area contributed by atoms with Crippen LogP contribution in [0.25, 0.3) is 0 Å². The van der Waals surface area contributed by atoms with Gasteiger partial charge in [0.15, 0.2) is 0 Å². The van der Waals surface area contributed by atoms with E-state index in [9.17, 15) is 0 Å². The quantitative estimate of drug-likeness (QED) is 0.355. The number of hydrogen-bond acceptors (Lipinski definition) is 4. The monoisotopic (exact) mass is 252 g/mol. The summed E-state index contributed by atoms with van der Waals surface area (Å²) in [7, 11) is 0.380. The van der Waals surface area contributed by atoms with Gasteiger partial charge < -0.3 is 25.3 Å². The van der Waals surface area contributed by atoms with Crippen molar-refractivity contribution in [3.05, 3.63) is 0 Å². The summed E-state index contributed by atoms with van der Waals surface area (Å²) >= 11 is 0. The average molecular weight is 252 g/mol. The molecule has 0 aliphatic rings. The molecule has 0 aromatic heterocycles. The van der Waals surface area contributed by atoms with Gasteiger partial charge in [-0.3, -0.25) is 0 Å². The summed E-state index contributed by atoms with van der Waals surface area (Å²) in [4.78, 5) is 17.8. The van der Waals surface area contributed by atoms with Gasteiger partial charge in [-0.2, -0.15) is 0 Å². The van der Waals surface area contributed by atoms with Gasteiger partial charge in [-0.15, -0.1) is 7.92 Å². The molecule has 0 bridgehead atoms. The van der Waals surface area contributed by atoms with Crippen LogP contribution in [-0.4, -0.2) is 75.1 Å². The van der Waals surface area contributed by atoms with Crippen LogP contribution in [0.2, 0.25) is 0 Å². The second kappa shape index (κ2) is 23.4. The third-order valence-corrected chi connectivity index (χ3v) is 0. The molecule has 0 aliphatic carbocycles. The van der Waals surface area contributed by atoms with Crippen molar-refractivity contribution >= 4 is 57.6 Å². The largest absolute Gasteiger partial charge is 2.00 e. The van der Waals surface area contributed by atoms with Crippen molar-refractivity contribution in [2.75, 3.05) is 20.0 Å². The first-order chi connectivity index (χ1) is 5.20.